The molecule has 0 aromatic heterocycles. The van der Waals surface area contributed by atoms with Gasteiger partial charge in [0, 0.05) is 25.2 Å². The summed E-state index contributed by atoms with van der Waals surface area (Å²) in [4.78, 5) is 5.03. The Bertz CT molecular complexity index is 401. The van der Waals surface area contributed by atoms with Gasteiger partial charge >= 0.3 is 0 Å². The van der Waals surface area contributed by atoms with Crippen molar-refractivity contribution in [3.63, 3.8) is 0 Å². The van der Waals surface area contributed by atoms with Crippen LogP contribution in [0.2, 0.25) is 0 Å². The minimum Gasteiger partial charge on any atom is -0.329 e. The van der Waals surface area contributed by atoms with Gasteiger partial charge in [-0.15, -0.1) is 0 Å². The zero-order chi connectivity index (χ0) is 14.5. The molecule has 0 spiro atoms. The number of hydrogen-bond donors (Lipinski definition) is 1. The molecule has 2 rings (SSSR count). The maximum Gasteiger partial charge on any atom is 0.0468 e. The van der Waals surface area contributed by atoms with Crippen LogP contribution in [0.1, 0.15) is 36.9 Å². The van der Waals surface area contributed by atoms with Crippen molar-refractivity contribution in [2.24, 2.45) is 5.73 Å². The van der Waals surface area contributed by atoms with E-state index in [1.165, 1.54) is 30.5 Å². The maximum atomic E-state index is 6.03. The number of aryl methyl sites for hydroxylation is 1. The van der Waals surface area contributed by atoms with Gasteiger partial charge in [-0.1, -0.05) is 36.8 Å². The molecule has 1 aliphatic heterocycles. The molecule has 2 N–H and O–H groups in total. The van der Waals surface area contributed by atoms with E-state index in [0.717, 1.165) is 13.1 Å². The molecule has 112 valence electrons. The number of benzene rings is 1. The Hall–Kier alpha value is -0.900. The van der Waals surface area contributed by atoms with Crippen LogP contribution in [0.5, 0.6) is 0 Å². The third-order valence-corrected chi connectivity index (χ3v) is 4.62. The maximum absolute atomic E-state index is 6.03. The fraction of sp³-hybridized carbons (Fsp3) is 0.647. The summed E-state index contributed by atoms with van der Waals surface area (Å²) >= 11 is 0. The molecular weight excluding hydrogens is 246 g/mol. The molecule has 1 aliphatic rings. The third-order valence-electron chi connectivity index (χ3n) is 4.62. The van der Waals surface area contributed by atoms with E-state index < -0.39 is 0 Å². The fourth-order valence-electron chi connectivity index (χ4n) is 3.34. The summed E-state index contributed by atoms with van der Waals surface area (Å²) in [5.41, 5.74) is 8.67. The second kappa shape index (κ2) is 7.21. The zero-order valence-electron chi connectivity index (χ0n) is 13.2. The van der Waals surface area contributed by atoms with Crippen LogP contribution in [0.4, 0.5) is 0 Å². The molecule has 1 aromatic carbocycles. The van der Waals surface area contributed by atoms with Gasteiger partial charge in [0.2, 0.25) is 0 Å². The largest absolute Gasteiger partial charge is 0.329 e. The first-order valence-corrected chi connectivity index (χ1v) is 7.86. The summed E-state index contributed by atoms with van der Waals surface area (Å²) in [6, 6.07) is 9.82. The number of nitrogens with two attached hydrogens (primary N) is 1. The van der Waals surface area contributed by atoms with Crippen LogP contribution in [0, 0.1) is 6.92 Å². The molecule has 0 bridgehead atoms. The van der Waals surface area contributed by atoms with Gasteiger partial charge in [-0.3, -0.25) is 9.80 Å². The Balaban J connectivity index is 2.01. The highest BCUT2D eigenvalue weighted by Crippen LogP contribution is 2.23. The smallest absolute Gasteiger partial charge is 0.0468 e. The lowest BCUT2D eigenvalue weighted by molar-refractivity contribution is 0.166. The van der Waals surface area contributed by atoms with Crippen molar-refractivity contribution >= 4 is 0 Å². The van der Waals surface area contributed by atoms with Gasteiger partial charge < -0.3 is 5.73 Å². The number of likely N-dealkylation sites (tertiary alicyclic amines) is 1. The molecule has 0 aliphatic carbocycles. The molecule has 2 atom stereocenters. The van der Waals surface area contributed by atoms with E-state index in [1.807, 2.05) is 0 Å². The predicted octanol–water partition coefficient (Wildman–Crippen LogP) is 2.41. The summed E-state index contributed by atoms with van der Waals surface area (Å²) in [5, 5.41) is 0. The average Bonchev–Trinajstić information content (AvgIpc) is 2.89. The second-order valence-corrected chi connectivity index (χ2v) is 6.03. The lowest BCUT2D eigenvalue weighted by atomic mass is 10.0. The molecule has 1 saturated heterocycles. The third kappa shape index (κ3) is 3.60. The van der Waals surface area contributed by atoms with E-state index in [1.54, 1.807) is 0 Å². The van der Waals surface area contributed by atoms with Crippen molar-refractivity contribution in [2.45, 2.75) is 38.8 Å². The molecule has 0 saturated carbocycles. The van der Waals surface area contributed by atoms with Gasteiger partial charge in [-0.25, -0.2) is 0 Å². The summed E-state index contributed by atoms with van der Waals surface area (Å²) < 4.78 is 0. The fourth-order valence-corrected chi connectivity index (χ4v) is 3.34. The number of likely N-dealkylation sites (N-methyl/N-ethyl adjacent to an activating group) is 2. The Labute approximate surface area is 123 Å². The first kappa shape index (κ1) is 15.5. The summed E-state index contributed by atoms with van der Waals surface area (Å²) in [6.45, 7) is 8.60. The van der Waals surface area contributed by atoms with Gasteiger partial charge in [0.15, 0.2) is 0 Å². The highest BCUT2D eigenvalue weighted by Gasteiger charge is 2.26. The van der Waals surface area contributed by atoms with E-state index in [2.05, 4.69) is 55.0 Å². The molecule has 3 heteroatoms. The minimum atomic E-state index is 0.329. The summed E-state index contributed by atoms with van der Waals surface area (Å²) in [7, 11) is 2.21. The quantitative estimate of drug-likeness (QED) is 0.865. The zero-order valence-corrected chi connectivity index (χ0v) is 13.2. The van der Waals surface area contributed by atoms with Crippen molar-refractivity contribution in [1.29, 1.82) is 0 Å². The molecule has 2 unspecified atom stereocenters. The van der Waals surface area contributed by atoms with E-state index >= 15 is 0 Å². The first-order chi connectivity index (χ1) is 9.65. The van der Waals surface area contributed by atoms with Crippen molar-refractivity contribution in [3.8, 4) is 0 Å². The van der Waals surface area contributed by atoms with E-state index in [0.29, 0.717) is 18.6 Å². The van der Waals surface area contributed by atoms with Crippen LogP contribution in [-0.2, 0) is 0 Å². The van der Waals surface area contributed by atoms with Gasteiger partial charge in [0.05, 0.1) is 0 Å². The van der Waals surface area contributed by atoms with Crippen LogP contribution < -0.4 is 5.73 Å². The molecule has 20 heavy (non-hydrogen) atoms. The van der Waals surface area contributed by atoms with Crippen LogP contribution in [0.3, 0.4) is 0 Å². The minimum absolute atomic E-state index is 0.329. The van der Waals surface area contributed by atoms with E-state index in [-0.39, 0.29) is 0 Å². The van der Waals surface area contributed by atoms with Crippen molar-refractivity contribution in [2.75, 3.05) is 33.2 Å². The molecule has 0 radical (unpaired) electrons. The number of rotatable bonds is 6. The molecule has 1 fully saturated rings. The number of nitrogens with zero attached hydrogens (tertiary/aromatic N) is 2. The summed E-state index contributed by atoms with van der Waals surface area (Å²) in [5.74, 6) is 0. The molecule has 1 heterocycles. The summed E-state index contributed by atoms with van der Waals surface area (Å²) in [6.07, 6.45) is 2.66. The molecule has 0 amide bonds. The van der Waals surface area contributed by atoms with Crippen LogP contribution in [0.15, 0.2) is 24.3 Å². The normalized spacial score (nSPS) is 21.6. The van der Waals surface area contributed by atoms with Crippen LogP contribution >= 0.6 is 0 Å². The SMILES string of the molecule is CCN1CCCC1CN(C)C(CN)c1ccc(C)cc1. The Kier molecular flexibility index (Phi) is 5.58. The Morgan fingerprint density at radius 1 is 1.35 bits per heavy atom. The Morgan fingerprint density at radius 2 is 2.05 bits per heavy atom. The second-order valence-electron chi connectivity index (χ2n) is 6.03. The topological polar surface area (TPSA) is 32.5 Å². The molecule has 1 aromatic rings. The lowest BCUT2D eigenvalue weighted by Crippen LogP contribution is -2.41. The molecular formula is C17H29N3. The highest BCUT2D eigenvalue weighted by atomic mass is 15.2. The van der Waals surface area contributed by atoms with Crippen LogP contribution in [0.25, 0.3) is 0 Å². The van der Waals surface area contributed by atoms with Gasteiger partial charge in [-0.2, -0.15) is 0 Å². The van der Waals surface area contributed by atoms with Gasteiger partial charge in [-0.05, 0) is 45.5 Å². The lowest BCUT2D eigenvalue weighted by Gasteiger charge is -2.33. The van der Waals surface area contributed by atoms with Gasteiger partial charge in [0.25, 0.3) is 0 Å². The molecule has 3 nitrogen and oxygen atoms in total. The average molecular weight is 275 g/mol. The van der Waals surface area contributed by atoms with Crippen molar-refractivity contribution < 1.29 is 0 Å². The number of hydrogen-bond acceptors (Lipinski definition) is 3. The van der Waals surface area contributed by atoms with Crippen molar-refractivity contribution in [1.82, 2.24) is 9.80 Å². The standard InChI is InChI=1S/C17H29N3/c1-4-20-11-5-6-16(20)13-19(3)17(12-18)15-9-7-14(2)8-10-15/h7-10,16-17H,4-6,11-13,18H2,1-3H3. The predicted molar refractivity (Wildman–Crippen MR) is 85.9 cm³/mol. The van der Waals surface area contributed by atoms with E-state index in [4.69, 9.17) is 5.73 Å². The van der Waals surface area contributed by atoms with Gasteiger partial charge in [0.1, 0.15) is 0 Å². The van der Waals surface area contributed by atoms with Crippen LogP contribution in [-0.4, -0.2) is 49.1 Å². The first-order valence-electron chi connectivity index (χ1n) is 7.86. The van der Waals surface area contributed by atoms with E-state index in [9.17, 15) is 0 Å². The Morgan fingerprint density at radius 3 is 2.65 bits per heavy atom. The monoisotopic (exact) mass is 275 g/mol. The van der Waals surface area contributed by atoms with Crippen molar-refractivity contribution in [3.05, 3.63) is 35.4 Å². The highest BCUT2D eigenvalue weighted by molar-refractivity contribution is 5.24.